The van der Waals surface area contributed by atoms with Crippen molar-refractivity contribution in [2.24, 2.45) is 5.92 Å². The third-order valence-electron chi connectivity index (χ3n) is 6.05. The third-order valence-corrected chi connectivity index (χ3v) is 6.05. The van der Waals surface area contributed by atoms with E-state index in [1.54, 1.807) is 13.2 Å². The van der Waals surface area contributed by atoms with Crippen LogP contribution in [0.15, 0.2) is 24.3 Å². The van der Waals surface area contributed by atoms with Crippen LogP contribution in [0.3, 0.4) is 0 Å². The van der Waals surface area contributed by atoms with Crippen LogP contribution in [0.25, 0.3) is 0 Å². The average Bonchev–Trinajstić information content (AvgIpc) is 3.53. The van der Waals surface area contributed by atoms with Gasteiger partial charge in [0.15, 0.2) is 0 Å². The summed E-state index contributed by atoms with van der Waals surface area (Å²) < 4.78 is 18.2. The molecule has 0 aromatic heterocycles. The van der Waals surface area contributed by atoms with Crippen LogP contribution in [0.4, 0.5) is 4.39 Å². The number of nitrogens with zero attached hydrogens (tertiary/aromatic N) is 1. The van der Waals surface area contributed by atoms with Gasteiger partial charge in [-0.25, -0.2) is 4.39 Å². The Morgan fingerprint density at radius 1 is 1.18 bits per heavy atom. The highest BCUT2D eigenvalue weighted by Crippen LogP contribution is 2.35. The number of methoxy groups -OCH3 is 1. The largest absolute Gasteiger partial charge is 0.483 e. The van der Waals surface area contributed by atoms with Gasteiger partial charge in [-0.05, 0) is 55.7 Å². The molecule has 3 rings (SSSR count). The highest BCUT2D eigenvalue weighted by molar-refractivity contribution is 5.77. The first-order chi connectivity index (χ1) is 16.0. The van der Waals surface area contributed by atoms with E-state index in [4.69, 9.17) is 14.6 Å². The van der Waals surface area contributed by atoms with E-state index in [1.807, 2.05) is 6.07 Å². The maximum Gasteiger partial charge on any atom is 0.290 e. The van der Waals surface area contributed by atoms with Gasteiger partial charge in [0.2, 0.25) is 11.8 Å². The molecule has 2 amide bonds. The quantitative estimate of drug-likeness (QED) is 0.408. The summed E-state index contributed by atoms with van der Waals surface area (Å²) in [6.07, 6.45) is 5.97. The number of hydrogen-bond acceptors (Lipinski definition) is 5. The van der Waals surface area contributed by atoms with Crippen molar-refractivity contribution in [2.75, 3.05) is 33.4 Å². The third kappa shape index (κ3) is 10.3. The Hall–Kier alpha value is -2.52. The number of rotatable bonds is 12. The Kier molecular flexibility index (Phi) is 11.8. The van der Waals surface area contributed by atoms with Crippen LogP contribution in [-0.4, -0.2) is 73.7 Å². The van der Waals surface area contributed by atoms with Gasteiger partial charge in [0, 0.05) is 51.7 Å². The average molecular weight is 466 g/mol. The lowest BCUT2D eigenvalue weighted by Crippen LogP contribution is -2.45. The molecule has 9 heteroatoms. The fourth-order valence-electron chi connectivity index (χ4n) is 4.19. The van der Waals surface area contributed by atoms with Crippen molar-refractivity contribution in [1.82, 2.24) is 15.5 Å². The van der Waals surface area contributed by atoms with Gasteiger partial charge in [-0.2, -0.15) is 0 Å². The van der Waals surface area contributed by atoms with Crippen LogP contribution in [-0.2, 0) is 25.5 Å². The Morgan fingerprint density at radius 3 is 2.58 bits per heavy atom. The monoisotopic (exact) mass is 465 g/mol. The van der Waals surface area contributed by atoms with Gasteiger partial charge in [0.25, 0.3) is 6.47 Å². The van der Waals surface area contributed by atoms with Crippen LogP contribution in [0.5, 0.6) is 0 Å². The standard InChI is InChI=1S/C23H34FN3O3.CH2O2/c1-30-12-10-22(28)26-15-21-8-7-20(27(21)16-18-5-6-18)14-23(29)25-11-9-17-3-2-4-19(24)13-17;2-1-3/h2-4,13,18,20-21H,5-12,14-16H2,1H3,(H,25,29)(H,26,28);1H,(H,2,3)/t20-,21+;/m1./s1. The zero-order valence-corrected chi connectivity index (χ0v) is 19.3. The molecule has 2 atom stereocenters. The Bertz CT molecular complexity index is 759. The van der Waals surface area contributed by atoms with Crippen molar-refractivity contribution >= 4 is 18.3 Å². The molecule has 33 heavy (non-hydrogen) atoms. The molecule has 2 aliphatic rings. The zero-order chi connectivity index (χ0) is 24.1. The fourth-order valence-corrected chi connectivity index (χ4v) is 4.19. The topological polar surface area (TPSA) is 108 Å². The van der Waals surface area contributed by atoms with Crippen molar-refractivity contribution in [3.05, 3.63) is 35.6 Å². The van der Waals surface area contributed by atoms with Crippen LogP contribution >= 0.6 is 0 Å². The predicted molar refractivity (Wildman–Crippen MR) is 122 cm³/mol. The number of carbonyl (C=O) groups excluding carboxylic acids is 2. The normalized spacial score (nSPS) is 19.9. The lowest BCUT2D eigenvalue weighted by molar-refractivity contribution is -0.123. The van der Waals surface area contributed by atoms with Gasteiger partial charge in [0.1, 0.15) is 5.82 Å². The molecule has 1 aliphatic heterocycles. The van der Waals surface area contributed by atoms with E-state index in [9.17, 15) is 14.0 Å². The Balaban J connectivity index is 0.00000122. The van der Waals surface area contributed by atoms with Crippen molar-refractivity contribution in [1.29, 1.82) is 0 Å². The van der Waals surface area contributed by atoms with Crippen molar-refractivity contribution < 1.29 is 28.6 Å². The number of ether oxygens (including phenoxy) is 1. The van der Waals surface area contributed by atoms with Gasteiger partial charge in [-0.1, -0.05) is 12.1 Å². The molecule has 0 radical (unpaired) electrons. The molecular weight excluding hydrogens is 429 g/mol. The fraction of sp³-hybridized carbons (Fsp3) is 0.625. The highest BCUT2D eigenvalue weighted by Gasteiger charge is 2.37. The number of amides is 2. The molecule has 1 aromatic carbocycles. The van der Waals surface area contributed by atoms with E-state index in [1.165, 1.54) is 25.0 Å². The van der Waals surface area contributed by atoms with E-state index in [2.05, 4.69) is 15.5 Å². The van der Waals surface area contributed by atoms with E-state index < -0.39 is 0 Å². The summed E-state index contributed by atoms with van der Waals surface area (Å²) >= 11 is 0. The lowest BCUT2D eigenvalue weighted by atomic mass is 10.1. The molecule has 0 bridgehead atoms. The summed E-state index contributed by atoms with van der Waals surface area (Å²) in [6.45, 7) is 2.34. The van der Waals surface area contributed by atoms with E-state index in [0.29, 0.717) is 45.0 Å². The Morgan fingerprint density at radius 2 is 1.91 bits per heavy atom. The van der Waals surface area contributed by atoms with Crippen molar-refractivity contribution in [3.63, 3.8) is 0 Å². The molecule has 1 aromatic rings. The van der Waals surface area contributed by atoms with Gasteiger partial charge < -0.3 is 20.5 Å². The molecule has 1 heterocycles. The minimum atomic E-state index is -0.250. The summed E-state index contributed by atoms with van der Waals surface area (Å²) in [5, 5.41) is 12.9. The van der Waals surface area contributed by atoms with Crippen LogP contribution in [0, 0.1) is 11.7 Å². The van der Waals surface area contributed by atoms with Crippen LogP contribution < -0.4 is 10.6 Å². The molecule has 184 valence electrons. The number of likely N-dealkylation sites (tertiary alicyclic amines) is 1. The van der Waals surface area contributed by atoms with Crippen molar-refractivity contribution in [3.8, 4) is 0 Å². The molecule has 1 saturated carbocycles. The van der Waals surface area contributed by atoms with E-state index in [-0.39, 0.29) is 30.1 Å². The number of carbonyl (C=O) groups is 3. The SMILES string of the molecule is COCCC(=O)NC[C@@H]1CC[C@H](CC(=O)NCCc2cccc(F)c2)N1CC1CC1.O=CO. The highest BCUT2D eigenvalue weighted by atomic mass is 19.1. The Labute approximate surface area is 194 Å². The molecule has 8 nitrogen and oxygen atoms in total. The molecule has 3 N–H and O–H groups in total. The number of nitrogens with one attached hydrogen (secondary N) is 2. The van der Waals surface area contributed by atoms with Crippen molar-refractivity contribution in [2.45, 2.75) is 57.0 Å². The second kappa shape index (κ2) is 14.6. The smallest absolute Gasteiger partial charge is 0.290 e. The second-order valence-corrected chi connectivity index (χ2v) is 8.61. The maximum absolute atomic E-state index is 13.3. The lowest BCUT2D eigenvalue weighted by Gasteiger charge is -2.30. The first-order valence-corrected chi connectivity index (χ1v) is 11.6. The summed E-state index contributed by atoms with van der Waals surface area (Å²) in [7, 11) is 1.59. The van der Waals surface area contributed by atoms with Gasteiger partial charge in [0.05, 0.1) is 6.61 Å². The molecule has 1 aliphatic carbocycles. The van der Waals surface area contributed by atoms with E-state index >= 15 is 0 Å². The molecule has 0 unspecified atom stereocenters. The summed E-state index contributed by atoms with van der Waals surface area (Å²) in [5.74, 6) is 0.540. The first-order valence-electron chi connectivity index (χ1n) is 11.6. The number of carboxylic acid groups (broad SMARTS) is 1. The van der Waals surface area contributed by atoms with Crippen LogP contribution in [0.1, 0.15) is 44.1 Å². The van der Waals surface area contributed by atoms with Crippen LogP contribution in [0.2, 0.25) is 0 Å². The minimum Gasteiger partial charge on any atom is -0.483 e. The van der Waals surface area contributed by atoms with Gasteiger partial charge in [-0.15, -0.1) is 0 Å². The maximum atomic E-state index is 13.3. The number of benzene rings is 1. The minimum absolute atomic E-state index is 0.0155. The van der Waals surface area contributed by atoms with Gasteiger partial charge >= 0.3 is 0 Å². The molecule has 1 saturated heterocycles. The zero-order valence-electron chi connectivity index (χ0n) is 19.3. The summed E-state index contributed by atoms with van der Waals surface area (Å²) in [6, 6.07) is 7.01. The molecule has 2 fully saturated rings. The first kappa shape index (κ1) is 26.7. The van der Waals surface area contributed by atoms with E-state index in [0.717, 1.165) is 30.9 Å². The predicted octanol–water partition coefficient (Wildman–Crippen LogP) is 1.97. The summed E-state index contributed by atoms with van der Waals surface area (Å²) in [4.78, 5) is 35.2. The second-order valence-electron chi connectivity index (χ2n) is 8.61. The number of hydrogen-bond donors (Lipinski definition) is 3. The molecular formula is C24H36FN3O5. The number of halogens is 1. The summed E-state index contributed by atoms with van der Waals surface area (Å²) in [5.41, 5.74) is 0.885. The molecule has 0 spiro atoms. The van der Waals surface area contributed by atoms with Gasteiger partial charge in [-0.3, -0.25) is 19.3 Å².